The number of carboxylic acid groups (broad SMARTS) is 1. The quantitative estimate of drug-likeness (QED) is 0.703. The number of carbonyl (C=O) groups is 2. The van der Waals surface area contributed by atoms with Gasteiger partial charge in [-0.05, 0) is 22.3 Å². The molecule has 0 unspecified atom stereocenters. The van der Waals surface area contributed by atoms with Crippen LogP contribution < -0.4 is 5.32 Å². The molecule has 0 fully saturated rings. The summed E-state index contributed by atoms with van der Waals surface area (Å²) in [7, 11) is 0. The molecule has 3 aromatic rings. The molecule has 4 rings (SSSR count). The van der Waals surface area contributed by atoms with E-state index in [-0.39, 0.29) is 12.5 Å². The van der Waals surface area contributed by atoms with Crippen molar-refractivity contribution >= 4 is 23.4 Å². The van der Waals surface area contributed by atoms with Crippen LogP contribution in [0, 0.1) is 0 Å². The third kappa shape index (κ3) is 3.29. The van der Waals surface area contributed by atoms with E-state index in [1.54, 1.807) is 5.38 Å². The van der Waals surface area contributed by atoms with Gasteiger partial charge in [-0.25, -0.2) is 14.6 Å². The van der Waals surface area contributed by atoms with Crippen molar-refractivity contribution in [2.45, 2.75) is 12.0 Å². The van der Waals surface area contributed by atoms with Crippen LogP contribution in [0.25, 0.3) is 11.1 Å². The van der Waals surface area contributed by atoms with E-state index in [9.17, 15) is 14.7 Å². The molecule has 1 aliphatic carbocycles. The molecule has 0 aliphatic heterocycles. The zero-order chi connectivity index (χ0) is 18.8. The molecule has 0 saturated carbocycles. The lowest BCUT2D eigenvalue weighted by molar-refractivity contribution is -0.139. The molecular formula is C20H16N2O4S. The fourth-order valence-electron chi connectivity index (χ4n) is 3.36. The molecule has 6 nitrogen and oxygen atoms in total. The number of ether oxygens (including phenoxy) is 1. The fraction of sp³-hybridized carbons (Fsp3) is 0.150. The summed E-state index contributed by atoms with van der Waals surface area (Å²) in [5.41, 5.74) is 4.46. The van der Waals surface area contributed by atoms with E-state index in [2.05, 4.69) is 22.4 Å². The third-order valence-corrected chi connectivity index (χ3v) is 5.39. The Morgan fingerprint density at radius 2 is 1.74 bits per heavy atom. The summed E-state index contributed by atoms with van der Waals surface area (Å²) >= 11 is 1.16. The number of nitrogens with zero attached hydrogens (tertiary/aromatic N) is 1. The van der Waals surface area contributed by atoms with Crippen LogP contribution in [0.15, 0.2) is 60.1 Å². The van der Waals surface area contributed by atoms with Crippen LogP contribution in [0.1, 0.15) is 28.1 Å². The second kappa shape index (κ2) is 7.20. The standard InChI is InChI=1S/C20H16N2O4S/c23-19(24)17(18-21-9-10-27-18)22-20(25)26-11-16-14-7-3-1-5-12(14)13-6-2-4-8-15(13)16/h1-10,16-17H,11H2,(H,22,25)(H,23,24)/t17-/m0/s1. The first kappa shape index (κ1) is 17.2. The van der Waals surface area contributed by atoms with Crippen LogP contribution in [-0.2, 0) is 9.53 Å². The second-order valence-corrected chi connectivity index (χ2v) is 7.04. The number of thiazole rings is 1. The molecule has 1 aromatic heterocycles. The fourth-order valence-corrected chi connectivity index (χ4v) is 4.04. The number of hydrogen-bond acceptors (Lipinski definition) is 5. The maximum absolute atomic E-state index is 12.2. The van der Waals surface area contributed by atoms with Crippen molar-refractivity contribution in [1.29, 1.82) is 0 Å². The number of carboxylic acids is 1. The Morgan fingerprint density at radius 1 is 1.11 bits per heavy atom. The Kier molecular flexibility index (Phi) is 4.60. The predicted octanol–water partition coefficient (Wildman–Crippen LogP) is 3.81. The van der Waals surface area contributed by atoms with Gasteiger partial charge in [-0.2, -0.15) is 0 Å². The number of aromatic nitrogens is 1. The molecule has 136 valence electrons. The summed E-state index contributed by atoms with van der Waals surface area (Å²) in [4.78, 5) is 27.6. The summed E-state index contributed by atoms with van der Waals surface area (Å²) in [5.74, 6) is -1.26. The van der Waals surface area contributed by atoms with Crippen molar-refractivity contribution in [3.63, 3.8) is 0 Å². The van der Waals surface area contributed by atoms with Crippen molar-refractivity contribution in [3.05, 3.63) is 76.2 Å². The van der Waals surface area contributed by atoms with Crippen molar-refractivity contribution in [1.82, 2.24) is 10.3 Å². The average molecular weight is 380 g/mol. The maximum atomic E-state index is 12.2. The monoisotopic (exact) mass is 380 g/mol. The van der Waals surface area contributed by atoms with Gasteiger partial charge in [0.2, 0.25) is 0 Å². The van der Waals surface area contributed by atoms with Crippen LogP contribution in [0.2, 0.25) is 0 Å². The summed E-state index contributed by atoms with van der Waals surface area (Å²) in [6.07, 6.45) is 0.717. The molecule has 0 bridgehead atoms. The van der Waals surface area contributed by atoms with Gasteiger partial charge in [0.15, 0.2) is 6.04 Å². The number of carbonyl (C=O) groups excluding carboxylic acids is 1. The molecule has 2 aromatic carbocycles. The highest BCUT2D eigenvalue weighted by Gasteiger charge is 2.30. The van der Waals surface area contributed by atoms with Crippen LogP contribution in [0.5, 0.6) is 0 Å². The first-order valence-electron chi connectivity index (χ1n) is 8.39. The number of aliphatic carboxylic acids is 1. The molecule has 1 atom stereocenters. The zero-order valence-corrected chi connectivity index (χ0v) is 15.0. The number of rotatable bonds is 5. The lowest BCUT2D eigenvalue weighted by atomic mass is 9.98. The summed E-state index contributed by atoms with van der Waals surface area (Å²) in [6, 6.07) is 14.8. The van der Waals surface area contributed by atoms with Gasteiger partial charge in [0.05, 0.1) is 0 Å². The van der Waals surface area contributed by atoms with Gasteiger partial charge in [-0.15, -0.1) is 11.3 Å². The zero-order valence-electron chi connectivity index (χ0n) is 14.2. The van der Waals surface area contributed by atoms with E-state index < -0.39 is 18.1 Å². The molecule has 27 heavy (non-hydrogen) atoms. The highest BCUT2D eigenvalue weighted by molar-refractivity contribution is 7.09. The maximum Gasteiger partial charge on any atom is 0.408 e. The van der Waals surface area contributed by atoms with Crippen LogP contribution in [0.3, 0.4) is 0 Å². The van der Waals surface area contributed by atoms with Crippen LogP contribution in [0.4, 0.5) is 4.79 Å². The molecular weight excluding hydrogens is 364 g/mol. The van der Waals surface area contributed by atoms with Gasteiger partial charge >= 0.3 is 12.1 Å². The molecule has 1 heterocycles. The lowest BCUT2D eigenvalue weighted by Crippen LogP contribution is -2.34. The number of amides is 1. The Labute approximate surface area is 159 Å². The van der Waals surface area contributed by atoms with E-state index in [0.717, 1.165) is 33.6 Å². The predicted molar refractivity (Wildman–Crippen MR) is 101 cm³/mol. The van der Waals surface area contributed by atoms with Gasteiger partial charge in [0, 0.05) is 17.5 Å². The number of fused-ring (bicyclic) bond motifs is 3. The minimum atomic E-state index is -1.22. The molecule has 2 N–H and O–H groups in total. The first-order valence-corrected chi connectivity index (χ1v) is 9.27. The Balaban J connectivity index is 1.49. The summed E-state index contributed by atoms with van der Waals surface area (Å²) in [5, 5.41) is 13.7. The van der Waals surface area contributed by atoms with Gasteiger partial charge in [0.25, 0.3) is 0 Å². The smallest absolute Gasteiger partial charge is 0.408 e. The van der Waals surface area contributed by atoms with E-state index in [1.807, 2.05) is 36.4 Å². The molecule has 0 saturated heterocycles. The molecule has 0 radical (unpaired) electrons. The number of hydrogen-bond donors (Lipinski definition) is 2. The van der Waals surface area contributed by atoms with Crippen molar-refractivity contribution < 1.29 is 19.4 Å². The summed E-state index contributed by atoms with van der Waals surface area (Å²) < 4.78 is 5.38. The minimum absolute atomic E-state index is 0.0775. The molecule has 1 amide bonds. The Hall–Kier alpha value is -3.19. The van der Waals surface area contributed by atoms with Gasteiger partial charge in [-0.3, -0.25) is 0 Å². The van der Waals surface area contributed by atoms with Crippen molar-refractivity contribution in [3.8, 4) is 11.1 Å². The number of nitrogens with one attached hydrogen (secondary N) is 1. The topological polar surface area (TPSA) is 88.5 Å². The van der Waals surface area contributed by atoms with Gasteiger partial charge in [0.1, 0.15) is 11.6 Å². The normalized spacial score (nSPS) is 13.5. The van der Waals surface area contributed by atoms with Gasteiger partial charge < -0.3 is 15.2 Å². The Morgan fingerprint density at radius 3 is 2.30 bits per heavy atom. The number of benzene rings is 2. The highest BCUT2D eigenvalue weighted by Crippen LogP contribution is 2.44. The SMILES string of the molecule is O=C(N[C@H](C(=O)O)c1nccs1)OCC1c2ccccc2-c2ccccc21. The van der Waals surface area contributed by atoms with Crippen molar-refractivity contribution in [2.75, 3.05) is 6.61 Å². The molecule has 1 aliphatic rings. The van der Waals surface area contributed by atoms with E-state index in [0.29, 0.717) is 5.01 Å². The first-order chi connectivity index (χ1) is 13.1. The average Bonchev–Trinajstić information content (AvgIpc) is 3.31. The Bertz CT molecular complexity index is 942. The van der Waals surface area contributed by atoms with E-state index in [1.165, 1.54) is 6.20 Å². The van der Waals surface area contributed by atoms with Crippen LogP contribution in [-0.4, -0.2) is 28.8 Å². The second-order valence-electron chi connectivity index (χ2n) is 6.11. The van der Waals surface area contributed by atoms with Crippen molar-refractivity contribution in [2.24, 2.45) is 0 Å². The van der Waals surface area contributed by atoms with E-state index in [4.69, 9.17) is 4.74 Å². The highest BCUT2D eigenvalue weighted by atomic mass is 32.1. The summed E-state index contributed by atoms with van der Waals surface area (Å²) in [6.45, 7) is 0.129. The third-order valence-electron chi connectivity index (χ3n) is 4.55. The minimum Gasteiger partial charge on any atom is -0.479 e. The van der Waals surface area contributed by atoms with Gasteiger partial charge in [-0.1, -0.05) is 48.5 Å². The largest absolute Gasteiger partial charge is 0.479 e. The number of alkyl carbamates (subject to hydrolysis) is 1. The van der Waals surface area contributed by atoms with E-state index >= 15 is 0 Å². The molecule has 0 spiro atoms. The molecule has 7 heteroatoms. The lowest BCUT2D eigenvalue weighted by Gasteiger charge is -2.16. The van der Waals surface area contributed by atoms with Crippen LogP contribution >= 0.6 is 11.3 Å².